The summed E-state index contributed by atoms with van der Waals surface area (Å²) in [6, 6.07) is 12.0. The molecule has 1 heterocycles. The van der Waals surface area contributed by atoms with Crippen molar-refractivity contribution >= 4 is 10.0 Å². The fraction of sp³-hybridized carbons (Fsp3) is 0.154. The SMILES string of the molecule is Cc1ccnc(CNS(=O)(=O)c2ccccc2)c1. The van der Waals surface area contributed by atoms with Crippen LogP contribution in [0.1, 0.15) is 11.3 Å². The third kappa shape index (κ3) is 3.15. The Bertz CT molecular complexity index is 624. The number of pyridine rings is 1. The molecule has 0 saturated heterocycles. The number of hydrogen-bond donors (Lipinski definition) is 1. The molecule has 2 rings (SSSR count). The molecular weight excluding hydrogens is 248 g/mol. The van der Waals surface area contributed by atoms with Gasteiger partial charge in [-0.2, -0.15) is 0 Å². The smallest absolute Gasteiger partial charge is 0.240 e. The summed E-state index contributed by atoms with van der Waals surface area (Å²) in [5.41, 5.74) is 1.76. The van der Waals surface area contributed by atoms with Gasteiger partial charge in [-0.25, -0.2) is 13.1 Å². The molecule has 0 saturated carbocycles. The van der Waals surface area contributed by atoms with Gasteiger partial charge in [0.1, 0.15) is 0 Å². The molecule has 0 amide bonds. The molecule has 1 aromatic heterocycles. The number of sulfonamides is 1. The van der Waals surface area contributed by atoms with Gasteiger partial charge in [-0.15, -0.1) is 0 Å². The van der Waals surface area contributed by atoms with Crippen LogP contribution in [0.15, 0.2) is 53.6 Å². The standard InChI is InChI=1S/C13H14N2O2S/c1-11-7-8-14-12(9-11)10-15-18(16,17)13-5-3-2-4-6-13/h2-9,15H,10H2,1H3. The fourth-order valence-corrected chi connectivity index (χ4v) is 2.57. The molecule has 0 aliphatic rings. The van der Waals surface area contributed by atoms with Crippen molar-refractivity contribution < 1.29 is 8.42 Å². The second-order valence-electron chi connectivity index (χ2n) is 3.96. The number of nitrogens with one attached hydrogen (secondary N) is 1. The van der Waals surface area contributed by atoms with Crippen molar-refractivity contribution in [1.29, 1.82) is 0 Å². The first kappa shape index (κ1) is 12.7. The predicted octanol–water partition coefficient (Wildman–Crippen LogP) is 1.87. The van der Waals surface area contributed by atoms with Crippen LogP contribution in [0, 0.1) is 6.92 Å². The van der Waals surface area contributed by atoms with Crippen LogP contribution in [-0.4, -0.2) is 13.4 Å². The van der Waals surface area contributed by atoms with E-state index in [4.69, 9.17) is 0 Å². The van der Waals surface area contributed by atoms with Gasteiger partial charge in [0.2, 0.25) is 10.0 Å². The number of nitrogens with zero attached hydrogens (tertiary/aromatic N) is 1. The third-order valence-corrected chi connectivity index (χ3v) is 3.89. The highest BCUT2D eigenvalue weighted by atomic mass is 32.2. The number of hydrogen-bond acceptors (Lipinski definition) is 3. The molecule has 1 aromatic carbocycles. The average Bonchev–Trinajstić information content (AvgIpc) is 2.38. The first-order chi connectivity index (χ1) is 8.58. The Morgan fingerprint density at radius 1 is 1.17 bits per heavy atom. The van der Waals surface area contributed by atoms with Gasteiger partial charge in [0.15, 0.2) is 0 Å². The normalized spacial score (nSPS) is 11.4. The lowest BCUT2D eigenvalue weighted by molar-refractivity contribution is 0.580. The number of rotatable bonds is 4. The Morgan fingerprint density at radius 3 is 2.56 bits per heavy atom. The second kappa shape index (κ2) is 5.29. The van der Waals surface area contributed by atoms with E-state index >= 15 is 0 Å². The minimum Gasteiger partial charge on any atom is -0.260 e. The summed E-state index contributed by atoms with van der Waals surface area (Å²) >= 11 is 0. The average molecular weight is 262 g/mol. The lowest BCUT2D eigenvalue weighted by Crippen LogP contribution is -2.23. The molecule has 4 nitrogen and oxygen atoms in total. The van der Waals surface area contributed by atoms with Crippen LogP contribution in [0.2, 0.25) is 0 Å². The van der Waals surface area contributed by atoms with E-state index in [9.17, 15) is 8.42 Å². The fourth-order valence-electron chi connectivity index (χ4n) is 1.55. The summed E-state index contributed by atoms with van der Waals surface area (Å²) in [5, 5.41) is 0. The summed E-state index contributed by atoms with van der Waals surface area (Å²) < 4.78 is 26.4. The molecule has 5 heteroatoms. The Hall–Kier alpha value is -1.72. The van der Waals surface area contributed by atoms with E-state index in [2.05, 4.69) is 9.71 Å². The first-order valence-corrected chi connectivity index (χ1v) is 7.02. The van der Waals surface area contributed by atoms with Gasteiger partial charge >= 0.3 is 0 Å². The zero-order valence-electron chi connectivity index (χ0n) is 10.00. The van der Waals surface area contributed by atoms with E-state index in [-0.39, 0.29) is 11.4 Å². The van der Waals surface area contributed by atoms with Crippen molar-refractivity contribution in [2.24, 2.45) is 0 Å². The highest BCUT2D eigenvalue weighted by molar-refractivity contribution is 7.89. The van der Waals surface area contributed by atoms with Gasteiger partial charge in [0.25, 0.3) is 0 Å². The Balaban J connectivity index is 2.11. The molecule has 0 radical (unpaired) electrons. The Kier molecular flexibility index (Phi) is 3.74. The van der Waals surface area contributed by atoms with Gasteiger partial charge in [0.05, 0.1) is 17.1 Å². The molecule has 0 spiro atoms. The molecule has 1 N–H and O–H groups in total. The van der Waals surface area contributed by atoms with Crippen molar-refractivity contribution in [3.8, 4) is 0 Å². The van der Waals surface area contributed by atoms with Crippen molar-refractivity contribution in [3.05, 3.63) is 59.9 Å². The highest BCUT2D eigenvalue weighted by Gasteiger charge is 2.12. The van der Waals surface area contributed by atoms with Crippen molar-refractivity contribution in [2.75, 3.05) is 0 Å². The van der Waals surface area contributed by atoms with Crippen molar-refractivity contribution in [3.63, 3.8) is 0 Å². The minimum atomic E-state index is -3.46. The molecule has 94 valence electrons. The zero-order valence-corrected chi connectivity index (χ0v) is 10.8. The van der Waals surface area contributed by atoms with Gasteiger partial charge in [0, 0.05) is 6.20 Å². The molecule has 0 bridgehead atoms. The minimum absolute atomic E-state index is 0.193. The van der Waals surface area contributed by atoms with Crippen LogP contribution in [-0.2, 0) is 16.6 Å². The second-order valence-corrected chi connectivity index (χ2v) is 5.73. The van der Waals surface area contributed by atoms with E-state index < -0.39 is 10.0 Å². The van der Waals surface area contributed by atoms with Gasteiger partial charge < -0.3 is 0 Å². The summed E-state index contributed by atoms with van der Waals surface area (Å²) in [6.45, 7) is 2.13. The van der Waals surface area contributed by atoms with Gasteiger partial charge in [-0.05, 0) is 36.8 Å². The maximum atomic E-state index is 12.0. The number of aromatic nitrogens is 1. The summed E-state index contributed by atoms with van der Waals surface area (Å²) in [5.74, 6) is 0. The quantitative estimate of drug-likeness (QED) is 0.915. The number of aryl methyl sites for hydroxylation is 1. The lowest BCUT2D eigenvalue weighted by Gasteiger charge is -2.06. The van der Waals surface area contributed by atoms with Gasteiger partial charge in [-0.1, -0.05) is 18.2 Å². The van der Waals surface area contributed by atoms with E-state index in [1.165, 1.54) is 0 Å². The molecule has 0 aliphatic heterocycles. The monoisotopic (exact) mass is 262 g/mol. The van der Waals surface area contributed by atoms with E-state index in [1.54, 1.807) is 36.5 Å². The Labute approximate surface area is 107 Å². The van der Waals surface area contributed by atoms with Crippen LogP contribution in [0.25, 0.3) is 0 Å². The zero-order chi connectivity index (χ0) is 13.0. The molecule has 0 fully saturated rings. The van der Waals surface area contributed by atoms with Crippen LogP contribution >= 0.6 is 0 Å². The summed E-state index contributed by atoms with van der Waals surface area (Å²) in [6.07, 6.45) is 1.67. The van der Waals surface area contributed by atoms with Crippen LogP contribution in [0.3, 0.4) is 0 Å². The molecule has 0 atom stereocenters. The molecule has 2 aromatic rings. The van der Waals surface area contributed by atoms with Crippen molar-refractivity contribution in [2.45, 2.75) is 18.4 Å². The summed E-state index contributed by atoms with van der Waals surface area (Å²) in [4.78, 5) is 4.37. The van der Waals surface area contributed by atoms with Crippen LogP contribution < -0.4 is 4.72 Å². The topological polar surface area (TPSA) is 59.1 Å². The van der Waals surface area contributed by atoms with Crippen molar-refractivity contribution in [1.82, 2.24) is 9.71 Å². The molecular formula is C13H14N2O2S. The van der Waals surface area contributed by atoms with E-state index in [1.807, 2.05) is 19.1 Å². The lowest BCUT2D eigenvalue weighted by atomic mass is 10.2. The van der Waals surface area contributed by atoms with E-state index in [0.717, 1.165) is 5.56 Å². The Morgan fingerprint density at radius 2 is 1.89 bits per heavy atom. The van der Waals surface area contributed by atoms with E-state index in [0.29, 0.717) is 5.69 Å². The summed E-state index contributed by atoms with van der Waals surface area (Å²) in [7, 11) is -3.46. The highest BCUT2D eigenvalue weighted by Crippen LogP contribution is 2.08. The maximum absolute atomic E-state index is 12.0. The molecule has 0 unspecified atom stereocenters. The van der Waals surface area contributed by atoms with Crippen LogP contribution in [0.4, 0.5) is 0 Å². The largest absolute Gasteiger partial charge is 0.260 e. The molecule has 0 aliphatic carbocycles. The predicted molar refractivity (Wildman–Crippen MR) is 69.4 cm³/mol. The maximum Gasteiger partial charge on any atom is 0.240 e. The first-order valence-electron chi connectivity index (χ1n) is 5.54. The van der Waals surface area contributed by atoms with Gasteiger partial charge in [-0.3, -0.25) is 4.98 Å². The van der Waals surface area contributed by atoms with Crippen LogP contribution in [0.5, 0.6) is 0 Å². The molecule has 18 heavy (non-hydrogen) atoms. The number of benzene rings is 1. The third-order valence-electron chi connectivity index (χ3n) is 2.47.